The zero-order valence-electron chi connectivity index (χ0n) is 17.3. The molecule has 160 valence electrons. The van der Waals surface area contributed by atoms with Gasteiger partial charge in [-0.05, 0) is 80.6 Å². The van der Waals surface area contributed by atoms with E-state index in [0.29, 0.717) is 29.4 Å². The number of carbonyl (C=O) groups is 2. The zero-order valence-corrected chi connectivity index (χ0v) is 18.0. The Morgan fingerprint density at radius 1 is 1.27 bits per heavy atom. The monoisotopic (exact) mass is 429 g/mol. The lowest BCUT2D eigenvalue weighted by Crippen LogP contribution is -2.51. The zero-order chi connectivity index (χ0) is 21.3. The van der Waals surface area contributed by atoms with Gasteiger partial charge < -0.3 is 10.4 Å². The van der Waals surface area contributed by atoms with Crippen molar-refractivity contribution in [2.24, 2.45) is 23.2 Å². The highest BCUT2D eigenvalue weighted by atomic mass is 35.5. The molecule has 0 aliphatic heterocycles. The van der Waals surface area contributed by atoms with E-state index in [4.69, 9.17) is 16.7 Å². The van der Waals surface area contributed by atoms with Crippen LogP contribution in [0.1, 0.15) is 61.5 Å². The van der Waals surface area contributed by atoms with Crippen LogP contribution in [0.25, 0.3) is 0 Å². The molecule has 2 N–H and O–H groups in total. The van der Waals surface area contributed by atoms with Crippen LogP contribution in [0.4, 0.5) is 4.79 Å². The summed E-state index contributed by atoms with van der Waals surface area (Å²) in [5.74, 6) is 7.96. The Morgan fingerprint density at radius 3 is 2.47 bits per heavy atom. The fourth-order valence-electron chi connectivity index (χ4n) is 6.09. The summed E-state index contributed by atoms with van der Waals surface area (Å²) in [6.07, 6.45) is 8.25. The van der Waals surface area contributed by atoms with Crippen molar-refractivity contribution in [1.29, 1.82) is 0 Å². The van der Waals surface area contributed by atoms with E-state index in [-0.39, 0.29) is 17.9 Å². The normalized spacial score (nSPS) is 28.5. The van der Waals surface area contributed by atoms with Gasteiger partial charge in [0.25, 0.3) is 5.91 Å². The maximum absolute atomic E-state index is 12.9. The summed E-state index contributed by atoms with van der Waals surface area (Å²) in [6.45, 7) is 2.90. The van der Waals surface area contributed by atoms with Crippen LogP contribution in [0.15, 0.2) is 12.3 Å². The van der Waals surface area contributed by atoms with E-state index in [1.165, 1.54) is 49.6 Å². The third-order valence-corrected chi connectivity index (χ3v) is 7.33. The number of nitrogens with zero attached hydrogens (tertiary/aromatic N) is 2. The standard InChI is InChI=1S/C23H28ClN3O3/c1-2-27(22(29)30)5-3-4-18-9-19(20(24)13-25-18)21(28)26-14-23-10-15-6-16(11-23)8-17(7-15)12-23/h9,13,15-17H,2,5-8,10-12,14H2,1H3,(H,26,28)(H,29,30). The average molecular weight is 430 g/mol. The lowest BCUT2D eigenvalue weighted by atomic mass is 9.49. The van der Waals surface area contributed by atoms with Crippen LogP contribution in [0, 0.1) is 35.0 Å². The molecule has 5 rings (SSSR count). The molecule has 4 saturated carbocycles. The second kappa shape index (κ2) is 8.47. The Kier molecular flexibility index (Phi) is 5.92. The summed E-state index contributed by atoms with van der Waals surface area (Å²) in [5, 5.41) is 12.5. The van der Waals surface area contributed by atoms with Gasteiger partial charge in [-0.25, -0.2) is 9.78 Å². The molecule has 1 aromatic heterocycles. The lowest BCUT2D eigenvalue weighted by molar-refractivity contribution is -0.0503. The first-order valence-electron chi connectivity index (χ1n) is 10.8. The molecule has 7 heteroatoms. The number of amides is 2. The van der Waals surface area contributed by atoms with Crippen molar-refractivity contribution < 1.29 is 14.7 Å². The van der Waals surface area contributed by atoms with Gasteiger partial charge in [0.05, 0.1) is 17.1 Å². The fraction of sp³-hybridized carbons (Fsp3) is 0.609. The summed E-state index contributed by atoms with van der Waals surface area (Å²) in [5.41, 5.74) is 1.03. The van der Waals surface area contributed by atoms with Crippen LogP contribution in [0.3, 0.4) is 0 Å². The first-order chi connectivity index (χ1) is 14.4. The number of aromatic nitrogens is 1. The minimum atomic E-state index is -1.01. The van der Waals surface area contributed by atoms with Crippen molar-refractivity contribution in [1.82, 2.24) is 15.2 Å². The summed E-state index contributed by atoms with van der Waals surface area (Å²) in [4.78, 5) is 29.3. The van der Waals surface area contributed by atoms with Crippen molar-refractivity contribution in [3.8, 4) is 11.8 Å². The van der Waals surface area contributed by atoms with Gasteiger partial charge in [0.1, 0.15) is 5.69 Å². The predicted octanol–water partition coefficient (Wildman–Crippen LogP) is 4.03. The quantitative estimate of drug-likeness (QED) is 0.692. The number of carbonyl (C=O) groups excluding carboxylic acids is 1. The molecule has 2 amide bonds. The molecule has 0 radical (unpaired) electrons. The van der Waals surface area contributed by atoms with E-state index in [1.807, 2.05) is 0 Å². The van der Waals surface area contributed by atoms with Gasteiger partial charge in [0.2, 0.25) is 0 Å². The number of hydrogen-bond donors (Lipinski definition) is 2. The molecule has 4 aliphatic carbocycles. The maximum atomic E-state index is 12.9. The van der Waals surface area contributed by atoms with E-state index in [2.05, 4.69) is 22.1 Å². The molecule has 0 aromatic carbocycles. The van der Waals surface area contributed by atoms with E-state index in [9.17, 15) is 9.59 Å². The van der Waals surface area contributed by atoms with Crippen LogP contribution < -0.4 is 5.32 Å². The largest absolute Gasteiger partial charge is 0.465 e. The number of halogens is 1. The van der Waals surface area contributed by atoms with E-state index in [1.54, 1.807) is 13.0 Å². The van der Waals surface area contributed by atoms with E-state index in [0.717, 1.165) is 17.8 Å². The summed E-state index contributed by atoms with van der Waals surface area (Å²) in [7, 11) is 0. The number of carboxylic acid groups (broad SMARTS) is 1. The van der Waals surface area contributed by atoms with Gasteiger partial charge >= 0.3 is 6.09 Å². The van der Waals surface area contributed by atoms with Gasteiger partial charge in [-0.1, -0.05) is 17.5 Å². The summed E-state index contributed by atoms with van der Waals surface area (Å²) < 4.78 is 0. The highest BCUT2D eigenvalue weighted by Gasteiger charge is 2.50. The molecule has 0 spiro atoms. The summed E-state index contributed by atoms with van der Waals surface area (Å²) in [6, 6.07) is 1.58. The Labute approximate surface area is 182 Å². The molecule has 0 atom stereocenters. The van der Waals surface area contributed by atoms with Crippen LogP contribution in [-0.4, -0.2) is 46.6 Å². The maximum Gasteiger partial charge on any atom is 0.408 e. The Bertz CT molecular complexity index is 869. The minimum absolute atomic E-state index is 0.0870. The van der Waals surface area contributed by atoms with Crippen LogP contribution in [0.2, 0.25) is 5.02 Å². The van der Waals surface area contributed by atoms with Crippen LogP contribution >= 0.6 is 11.6 Å². The van der Waals surface area contributed by atoms with Crippen molar-refractivity contribution in [3.05, 3.63) is 28.5 Å². The molecule has 0 saturated heterocycles. The number of hydrogen-bond acceptors (Lipinski definition) is 3. The van der Waals surface area contributed by atoms with Crippen molar-refractivity contribution >= 4 is 23.6 Å². The van der Waals surface area contributed by atoms with Crippen molar-refractivity contribution in [2.45, 2.75) is 45.4 Å². The molecule has 1 heterocycles. The fourth-order valence-corrected chi connectivity index (χ4v) is 6.28. The molecule has 4 fully saturated rings. The SMILES string of the molecule is CCN(CC#Cc1cc(C(=O)NCC23CC4CC(CC(C4)C2)C3)c(Cl)cn1)C(=O)O. The second-order valence-corrected chi connectivity index (χ2v) is 9.66. The van der Waals surface area contributed by atoms with Crippen molar-refractivity contribution in [2.75, 3.05) is 19.6 Å². The molecule has 1 aromatic rings. The minimum Gasteiger partial charge on any atom is -0.465 e. The Morgan fingerprint density at radius 2 is 1.90 bits per heavy atom. The number of rotatable bonds is 5. The van der Waals surface area contributed by atoms with E-state index < -0.39 is 6.09 Å². The van der Waals surface area contributed by atoms with Crippen LogP contribution in [0.5, 0.6) is 0 Å². The van der Waals surface area contributed by atoms with Gasteiger partial charge in [-0.2, -0.15) is 0 Å². The van der Waals surface area contributed by atoms with Gasteiger partial charge in [0, 0.05) is 19.3 Å². The lowest BCUT2D eigenvalue weighted by Gasteiger charge is -2.56. The third-order valence-electron chi connectivity index (χ3n) is 7.03. The number of nitrogens with one attached hydrogen (secondary N) is 1. The highest BCUT2D eigenvalue weighted by Crippen LogP contribution is 2.59. The topological polar surface area (TPSA) is 82.5 Å². The first-order valence-corrected chi connectivity index (χ1v) is 11.2. The number of pyridine rings is 1. The van der Waals surface area contributed by atoms with E-state index >= 15 is 0 Å². The summed E-state index contributed by atoms with van der Waals surface area (Å²) >= 11 is 6.24. The first kappa shape index (κ1) is 21.0. The van der Waals surface area contributed by atoms with Gasteiger partial charge in [-0.15, -0.1) is 0 Å². The third kappa shape index (κ3) is 4.41. The predicted molar refractivity (Wildman–Crippen MR) is 114 cm³/mol. The average Bonchev–Trinajstić information content (AvgIpc) is 2.69. The molecular formula is C23H28ClN3O3. The molecule has 4 bridgehead atoms. The smallest absolute Gasteiger partial charge is 0.408 e. The molecular weight excluding hydrogens is 402 g/mol. The molecule has 4 aliphatic rings. The van der Waals surface area contributed by atoms with Crippen molar-refractivity contribution in [3.63, 3.8) is 0 Å². The molecule has 6 nitrogen and oxygen atoms in total. The molecule has 0 unspecified atom stereocenters. The highest BCUT2D eigenvalue weighted by molar-refractivity contribution is 6.33. The molecule has 30 heavy (non-hydrogen) atoms. The second-order valence-electron chi connectivity index (χ2n) is 9.25. The van der Waals surface area contributed by atoms with Gasteiger partial charge in [-0.3, -0.25) is 9.69 Å². The van der Waals surface area contributed by atoms with Crippen LogP contribution in [-0.2, 0) is 0 Å². The Balaban J connectivity index is 1.41. The Hall–Kier alpha value is -2.26. The van der Waals surface area contributed by atoms with Gasteiger partial charge in [0.15, 0.2) is 0 Å².